The van der Waals surface area contributed by atoms with Crippen LogP contribution in [-0.4, -0.2) is 24.4 Å². The first-order valence-corrected chi connectivity index (χ1v) is 5.47. The van der Waals surface area contributed by atoms with Crippen LogP contribution < -0.4 is 10.5 Å². The average molecular weight is 248 g/mol. The fourth-order valence-electron chi connectivity index (χ4n) is 1.23. The Bertz CT molecular complexity index is 336. The van der Waals surface area contributed by atoms with E-state index in [1.807, 2.05) is 0 Å². The van der Waals surface area contributed by atoms with Crippen molar-refractivity contribution in [1.29, 1.82) is 0 Å². The van der Waals surface area contributed by atoms with Crippen LogP contribution in [0, 0.1) is 5.82 Å². The highest BCUT2D eigenvalue weighted by atomic mass is 35.5. The van der Waals surface area contributed by atoms with Gasteiger partial charge in [-0.2, -0.15) is 0 Å². The topological polar surface area (TPSA) is 55.5 Å². The van der Waals surface area contributed by atoms with Crippen LogP contribution in [0.3, 0.4) is 0 Å². The largest absolute Gasteiger partial charge is 0.492 e. The molecular weight excluding hydrogens is 233 g/mol. The third-order valence-corrected chi connectivity index (χ3v) is 2.40. The Labute approximate surface area is 99.0 Å². The molecule has 90 valence electrons. The number of aliphatic hydroxyl groups excluding tert-OH is 1. The minimum atomic E-state index is -0.468. The molecule has 0 fully saturated rings. The molecule has 0 bridgehead atoms. The number of hydrogen-bond donors (Lipinski definition) is 2. The highest BCUT2D eigenvalue weighted by Crippen LogP contribution is 2.24. The molecule has 0 heterocycles. The Hall–Kier alpha value is -0.840. The molecule has 0 aliphatic carbocycles. The van der Waals surface area contributed by atoms with Crippen LogP contribution >= 0.6 is 11.6 Å². The molecule has 3 N–H and O–H groups in total. The predicted octanol–water partition coefficient (Wildman–Crippen LogP) is 1.96. The van der Waals surface area contributed by atoms with Crippen LogP contribution in [0.4, 0.5) is 4.39 Å². The summed E-state index contributed by atoms with van der Waals surface area (Å²) in [6, 6.07) is 3.93. The third kappa shape index (κ3) is 4.35. The lowest BCUT2D eigenvalue weighted by Gasteiger charge is -2.11. The maximum absolute atomic E-state index is 12.7. The maximum Gasteiger partial charge on any atom is 0.138 e. The van der Waals surface area contributed by atoms with Crippen molar-refractivity contribution in [3.63, 3.8) is 0 Å². The van der Waals surface area contributed by atoms with Gasteiger partial charge in [-0.25, -0.2) is 4.39 Å². The Kier molecular flexibility index (Phi) is 5.52. The van der Waals surface area contributed by atoms with Crippen molar-refractivity contribution in [3.05, 3.63) is 29.0 Å². The summed E-state index contributed by atoms with van der Waals surface area (Å²) >= 11 is 5.76. The van der Waals surface area contributed by atoms with E-state index in [2.05, 4.69) is 0 Å². The third-order valence-electron chi connectivity index (χ3n) is 2.10. The second-order valence-electron chi connectivity index (χ2n) is 3.44. The molecule has 0 radical (unpaired) electrons. The first-order valence-electron chi connectivity index (χ1n) is 5.09. The first kappa shape index (κ1) is 13.2. The molecule has 5 heteroatoms. The molecule has 0 saturated carbocycles. The number of rotatable bonds is 6. The smallest absolute Gasteiger partial charge is 0.138 e. The van der Waals surface area contributed by atoms with E-state index in [4.69, 9.17) is 22.1 Å². The standard InChI is InChI=1S/C11H15ClFNO2/c12-10-7-8(13)1-2-11(10)16-6-4-9(15)3-5-14/h1-2,7,9,15H,3-6,14H2. The van der Waals surface area contributed by atoms with E-state index in [0.717, 1.165) is 0 Å². The molecule has 0 aromatic heterocycles. The molecule has 16 heavy (non-hydrogen) atoms. The lowest BCUT2D eigenvalue weighted by atomic mass is 10.2. The molecule has 1 unspecified atom stereocenters. The SMILES string of the molecule is NCCC(O)CCOc1ccc(F)cc1Cl. The molecule has 1 aromatic carbocycles. The Morgan fingerprint density at radius 2 is 2.19 bits per heavy atom. The zero-order valence-corrected chi connectivity index (χ0v) is 9.58. The van der Waals surface area contributed by atoms with Gasteiger partial charge in [0.2, 0.25) is 0 Å². The van der Waals surface area contributed by atoms with Gasteiger partial charge in [0, 0.05) is 6.42 Å². The van der Waals surface area contributed by atoms with Gasteiger partial charge in [0.1, 0.15) is 11.6 Å². The quantitative estimate of drug-likeness (QED) is 0.808. The molecular formula is C11H15ClFNO2. The first-order chi connectivity index (χ1) is 7.63. The van der Waals surface area contributed by atoms with Crippen LogP contribution in [0.1, 0.15) is 12.8 Å². The van der Waals surface area contributed by atoms with Crippen LogP contribution in [0.2, 0.25) is 5.02 Å². The summed E-state index contributed by atoms with van der Waals surface area (Å²) in [7, 11) is 0. The Morgan fingerprint density at radius 1 is 1.44 bits per heavy atom. The van der Waals surface area contributed by atoms with Crippen molar-refractivity contribution in [2.45, 2.75) is 18.9 Å². The van der Waals surface area contributed by atoms with Crippen LogP contribution in [-0.2, 0) is 0 Å². The molecule has 0 spiro atoms. The number of nitrogens with two attached hydrogens (primary N) is 1. The van der Waals surface area contributed by atoms with Crippen molar-refractivity contribution < 1.29 is 14.2 Å². The van der Waals surface area contributed by atoms with E-state index in [1.165, 1.54) is 18.2 Å². The molecule has 1 rings (SSSR count). The van der Waals surface area contributed by atoms with Crippen molar-refractivity contribution >= 4 is 11.6 Å². The predicted molar refractivity (Wildman–Crippen MR) is 61.2 cm³/mol. The summed E-state index contributed by atoms with van der Waals surface area (Å²) < 4.78 is 18.0. The highest BCUT2D eigenvalue weighted by molar-refractivity contribution is 6.32. The van der Waals surface area contributed by atoms with E-state index in [0.29, 0.717) is 31.7 Å². The fourth-order valence-corrected chi connectivity index (χ4v) is 1.46. The Balaban J connectivity index is 2.37. The minimum Gasteiger partial charge on any atom is -0.492 e. The molecule has 0 saturated heterocycles. The van der Waals surface area contributed by atoms with Crippen LogP contribution in [0.25, 0.3) is 0 Å². The summed E-state index contributed by atoms with van der Waals surface area (Å²) in [6.07, 6.45) is 0.551. The van der Waals surface area contributed by atoms with E-state index >= 15 is 0 Å². The van der Waals surface area contributed by atoms with E-state index in [-0.39, 0.29) is 5.02 Å². The van der Waals surface area contributed by atoms with Gasteiger partial charge in [0.15, 0.2) is 0 Å². The van der Waals surface area contributed by atoms with Crippen LogP contribution in [0.15, 0.2) is 18.2 Å². The molecule has 1 aromatic rings. The number of benzene rings is 1. The second kappa shape index (κ2) is 6.68. The van der Waals surface area contributed by atoms with Crippen molar-refractivity contribution in [2.75, 3.05) is 13.2 Å². The number of halogens is 2. The number of ether oxygens (including phenoxy) is 1. The van der Waals surface area contributed by atoms with E-state index in [1.54, 1.807) is 0 Å². The monoisotopic (exact) mass is 247 g/mol. The van der Waals surface area contributed by atoms with Crippen molar-refractivity contribution in [3.8, 4) is 5.75 Å². The summed E-state index contributed by atoms with van der Waals surface area (Å²) in [5.74, 6) is 0.0172. The second-order valence-corrected chi connectivity index (χ2v) is 3.85. The zero-order valence-electron chi connectivity index (χ0n) is 8.83. The summed E-state index contributed by atoms with van der Waals surface area (Å²) in [6.45, 7) is 0.769. The lowest BCUT2D eigenvalue weighted by molar-refractivity contribution is 0.133. The number of hydrogen-bond acceptors (Lipinski definition) is 3. The summed E-state index contributed by atoms with van der Waals surface area (Å²) in [5, 5.41) is 9.62. The fraction of sp³-hybridized carbons (Fsp3) is 0.455. The maximum atomic E-state index is 12.7. The molecule has 0 amide bonds. The minimum absolute atomic E-state index is 0.230. The molecule has 0 aliphatic rings. The van der Waals surface area contributed by atoms with Gasteiger partial charge in [0.05, 0.1) is 17.7 Å². The van der Waals surface area contributed by atoms with Crippen LogP contribution in [0.5, 0.6) is 5.75 Å². The Morgan fingerprint density at radius 3 is 2.81 bits per heavy atom. The summed E-state index contributed by atoms with van der Waals surface area (Å²) in [4.78, 5) is 0. The van der Waals surface area contributed by atoms with Gasteiger partial charge in [-0.3, -0.25) is 0 Å². The highest BCUT2D eigenvalue weighted by Gasteiger charge is 2.05. The number of aliphatic hydroxyl groups is 1. The van der Waals surface area contributed by atoms with Gasteiger partial charge in [0.25, 0.3) is 0 Å². The lowest BCUT2D eigenvalue weighted by Crippen LogP contribution is -2.16. The normalized spacial score (nSPS) is 12.5. The molecule has 0 aliphatic heterocycles. The van der Waals surface area contributed by atoms with E-state index in [9.17, 15) is 9.50 Å². The summed E-state index contributed by atoms with van der Waals surface area (Å²) in [5.41, 5.74) is 5.29. The van der Waals surface area contributed by atoms with Gasteiger partial charge >= 0.3 is 0 Å². The molecule has 1 atom stereocenters. The molecule has 3 nitrogen and oxygen atoms in total. The van der Waals surface area contributed by atoms with Gasteiger partial charge in [-0.05, 0) is 31.2 Å². The van der Waals surface area contributed by atoms with Crippen molar-refractivity contribution in [2.24, 2.45) is 5.73 Å². The van der Waals surface area contributed by atoms with Gasteiger partial charge < -0.3 is 15.6 Å². The van der Waals surface area contributed by atoms with Crippen molar-refractivity contribution in [1.82, 2.24) is 0 Å². The average Bonchev–Trinajstić information content (AvgIpc) is 2.22. The zero-order chi connectivity index (χ0) is 12.0. The van der Waals surface area contributed by atoms with E-state index < -0.39 is 11.9 Å². The van der Waals surface area contributed by atoms with Gasteiger partial charge in [-0.1, -0.05) is 11.6 Å². The van der Waals surface area contributed by atoms with Gasteiger partial charge in [-0.15, -0.1) is 0 Å².